The maximum atomic E-state index is 13.7. The number of pyridine rings is 1. The minimum atomic E-state index is -0.448. The topological polar surface area (TPSA) is 40.0 Å². The Morgan fingerprint density at radius 1 is 1.36 bits per heavy atom. The molecule has 1 N–H and O–H groups in total. The summed E-state index contributed by atoms with van der Waals surface area (Å²) in [6.45, 7) is 6.79. The SMILES string of the molecule is C=CC(=N)N1Cc2sc(Cl)cc2[C@@H](c2ccccc2-c2cnc(F)c(C)c2)C1. The lowest BCUT2D eigenvalue weighted by Gasteiger charge is -2.34. The van der Waals surface area contributed by atoms with Crippen molar-refractivity contribution >= 4 is 28.8 Å². The Labute approximate surface area is 172 Å². The summed E-state index contributed by atoms with van der Waals surface area (Å²) in [7, 11) is 0. The number of hydrogen-bond donors (Lipinski definition) is 1. The van der Waals surface area contributed by atoms with Gasteiger partial charge in [0.15, 0.2) is 0 Å². The number of aromatic nitrogens is 1. The maximum Gasteiger partial charge on any atom is 0.215 e. The zero-order chi connectivity index (χ0) is 19.8. The molecule has 0 fully saturated rings. The van der Waals surface area contributed by atoms with Gasteiger partial charge in [-0.05, 0) is 41.8 Å². The average Bonchev–Trinajstić information content (AvgIpc) is 3.08. The molecule has 6 heteroatoms. The summed E-state index contributed by atoms with van der Waals surface area (Å²) in [4.78, 5) is 7.08. The van der Waals surface area contributed by atoms with Crippen LogP contribution >= 0.6 is 22.9 Å². The fourth-order valence-electron chi connectivity index (χ4n) is 3.73. The van der Waals surface area contributed by atoms with E-state index in [1.165, 1.54) is 5.56 Å². The molecule has 1 aliphatic heterocycles. The third kappa shape index (κ3) is 3.36. The van der Waals surface area contributed by atoms with Crippen molar-refractivity contribution in [3.05, 3.63) is 87.1 Å². The van der Waals surface area contributed by atoms with Gasteiger partial charge in [-0.15, -0.1) is 11.3 Å². The van der Waals surface area contributed by atoms with Crippen molar-refractivity contribution in [3.63, 3.8) is 0 Å². The van der Waals surface area contributed by atoms with E-state index in [2.05, 4.69) is 17.6 Å². The number of aryl methyl sites for hydroxylation is 1. The standard InChI is InChI=1S/C22H19ClFN3S/c1-3-21(25)27-11-18(17-9-20(23)28-19(17)12-27)16-7-5-4-6-15(16)14-8-13(2)22(24)26-10-14/h3-10,18,25H,1,11-12H2,2H3/t18-/m1/s1. The number of fused-ring (bicyclic) bond motifs is 1. The van der Waals surface area contributed by atoms with Gasteiger partial charge in [0.05, 0.1) is 10.9 Å². The average molecular weight is 412 g/mol. The molecule has 0 unspecified atom stereocenters. The Kier molecular flexibility index (Phi) is 5.04. The second kappa shape index (κ2) is 7.49. The lowest BCUT2D eigenvalue weighted by Crippen LogP contribution is -2.36. The van der Waals surface area contributed by atoms with Crippen molar-refractivity contribution in [2.75, 3.05) is 6.54 Å². The maximum absolute atomic E-state index is 13.7. The first-order valence-electron chi connectivity index (χ1n) is 8.93. The summed E-state index contributed by atoms with van der Waals surface area (Å²) in [6, 6.07) is 12.0. The van der Waals surface area contributed by atoms with Crippen LogP contribution in [0.4, 0.5) is 4.39 Å². The third-order valence-electron chi connectivity index (χ3n) is 5.12. The van der Waals surface area contributed by atoms with Crippen LogP contribution in [0.2, 0.25) is 4.34 Å². The van der Waals surface area contributed by atoms with Gasteiger partial charge in [0.2, 0.25) is 5.95 Å². The van der Waals surface area contributed by atoms with Crippen molar-refractivity contribution in [2.24, 2.45) is 0 Å². The predicted octanol–water partition coefficient (Wildman–Crippen LogP) is 6.02. The van der Waals surface area contributed by atoms with E-state index in [9.17, 15) is 4.39 Å². The number of amidine groups is 1. The molecule has 0 saturated heterocycles. The summed E-state index contributed by atoms with van der Waals surface area (Å²) >= 11 is 7.89. The number of rotatable bonds is 3. The molecule has 1 atom stereocenters. The van der Waals surface area contributed by atoms with E-state index in [4.69, 9.17) is 17.0 Å². The molecule has 142 valence electrons. The zero-order valence-electron chi connectivity index (χ0n) is 15.4. The summed E-state index contributed by atoms with van der Waals surface area (Å²) in [5.74, 6) is 0.00251. The Bertz CT molecular complexity index is 1080. The van der Waals surface area contributed by atoms with Gasteiger partial charge < -0.3 is 4.90 Å². The van der Waals surface area contributed by atoms with Crippen LogP contribution in [0.15, 0.2) is 55.3 Å². The highest BCUT2D eigenvalue weighted by molar-refractivity contribution is 7.16. The largest absolute Gasteiger partial charge is 0.351 e. The third-order valence-corrected chi connectivity index (χ3v) is 6.38. The molecular weight excluding hydrogens is 393 g/mol. The fourth-order valence-corrected chi connectivity index (χ4v) is 5.09. The van der Waals surface area contributed by atoms with Crippen LogP contribution in [0.1, 0.15) is 27.5 Å². The minimum absolute atomic E-state index is 0.0503. The molecule has 28 heavy (non-hydrogen) atoms. The molecule has 0 radical (unpaired) electrons. The molecule has 3 aromatic rings. The summed E-state index contributed by atoms with van der Waals surface area (Å²) in [5, 5.41) is 8.23. The Morgan fingerprint density at radius 3 is 2.89 bits per heavy atom. The molecule has 3 heterocycles. The molecular formula is C22H19ClFN3S. The number of nitrogens with one attached hydrogen (secondary N) is 1. The first-order chi connectivity index (χ1) is 13.5. The summed E-state index contributed by atoms with van der Waals surface area (Å²) in [6.07, 6.45) is 3.14. The summed E-state index contributed by atoms with van der Waals surface area (Å²) in [5.41, 5.74) is 4.73. The van der Waals surface area contributed by atoms with Crippen molar-refractivity contribution < 1.29 is 4.39 Å². The number of nitrogens with zero attached hydrogens (tertiary/aromatic N) is 2. The highest BCUT2D eigenvalue weighted by atomic mass is 35.5. The summed E-state index contributed by atoms with van der Waals surface area (Å²) < 4.78 is 14.4. The van der Waals surface area contributed by atoms with E-state index in [1.54, 1.807) is 30.5 Å². The van der Waals surface area contributed by atoms with E-state index >= 15 is 0 Å². The van der Waals surface area contributed by atoms with Gasteiger partial charge in [0.1, 0.15) is 5.84 Å². The van der Waals surface area contributed by atoms with E-state index in [1.807, 2.05) is 35.2 Å². The van der Waals surface area contributed by atoms with Crippen molar-refractivity contribution in [1.29, 1.82) is 5.41 Å². The van der Waals surface area contributed by atoms with Crippen molar-refractivity contribution in [3.8, 4) is 11.1 Å². The molecule has 2 aromatic heterocycles. The fraction of sp³-hybridized carbons (Fsp3) is 0.182. The van der Waals surface area contributed by atoms with E-state index in [0.29, 0.717) is 24.5 Å². The van der Waals surface area contributed by atoms with Gasteiger partial charge in [-0.25, -0.2) is 4.98 Å². The van der Waals surface area contributed by atoms with Crippen LogP contribution in [-0.4, -0.2) is 22.3 Å². The monoisotopic (exact) mass is 411 g/mol. The molecule has 0 spiro atoms. The molecule has 0 amide bonds. The normalized spacial score (nSPS) is 16.0. The van der Waals surface area contributed by atoms with Crippen molar-refractivity contribution in [2.45, 2.75) is 19.4 Å². The molecule has 0 saturated carbocycles. The van der Waals surface area contributed by atoms with Crippen LogP contribution in [0.5, 0.6) is 0 Å². The van der Waals surface area contributed by atoms with E-state index in [0.717, 1.165) is 25.9 Å². The van der Waals surface area contributed by atoms with E-state index in [-0.39, 0.29) is 5.92 Å². The molecule has 0 aliphatic carbocycles. The lowest BCUT2D eigenvalue weighted by atomic mass is 9.84. The molecule has 3 nitrogen and oxygen atoms in total. The molecule has 0 bridgehead atoms. The number of thiophene rings is 1. The lowest BCUT2D eigenvalue weighted by molar-refractivity contribution is 0.375. The molecule has 4 rings (SSSR count). The second-order valence-corrected chi connectivity index (χ2v) is 8.64. The van der Waals surface area contributed by atoms with Crippen LogP contribution in [0.25, 0.3) is 11.1 Å². The first kappa shape index (κ1) is 18.8. The predicted molar refractivity (Wildman–Crippen MR) is 114 cm³/mol. The minimum Gasteiger partial charge on any atom is -0.351 e. The second-order valence-electron chi connectivity index (χ2n) is 6.87. The van der Waals surface area contributed by atoms with Gasteiger partial charge in [0.25, 0.3) is 0 Å². The quantitative estimate of drug-likeness (QED) is 0.325. The zero-order valence-corrected chi connectivity index (χ0v) is 16.9. The molecule has 1 aromatic carbocycles. The van der Waals surface area contributed by atoms with Gasteiger partial charge in [-0.1, -0.05) is 42.4 Å². The van der Waals surface area contributed by atoms with Gasteiger partial charge in [0, 0.05) is 34.7 Å². The van der Waals surface area contributed by atoms with Gasteiger partial charge in [-0.3, -0.25) is 5.41 Å². The number of halogens is 2. The molecule has 1 aliphatic rings. The Balaban J connectivity index is 1.85. The Hall–Kier alpha value is -2.50. The van der Waals surface area contributed by atoms with Crippen LogP contribution < -0.4 is 0 Å². The number of benzene rings is 1. The van der Waals surface area contributed by atoms with Gasteiger partial charge in [-0.2, -0.15) is 4.39 Å². The smallest absolute Gasteiger partial charge is 0.215 e. The van der Waals surface area contributed by atoms with Gasteiger partial charge >= 0.3 is 0 Å². The number of hydrogen-bond acceptors (Lipinski definition) is 3. The Morgan fingerprint density at radius 2 is 2.14 bits per heavy atom. The first-order valence-corrected chi connectivity index (χ1v) is 10.1. The highest BCUT2D eigenvalue weighted by Gasteiger charge is 2.30. The van der Waals surface area contributed by atoms with Crippen LogP contribution in [-0.2, 0) is 6.54 Å². The van der Waals surface area contributed by atoms with Crippen molar-refractivity contribution in [1.82, 2.24) is 9.88 Å². The highest BCUT2D eigenvalue weighted by Crippen LogP contribution is 2.42. The van der Waals surface area contributed by atoms with Crippen LogP contribution in [0.3, 0.4) is 0 Å². The van der Waals surface area contributed by atoms with Crippen LogP contribution in [0, 0.1) is 18.3 Å². The van der Waals surface area contributed by atoms with E-state index < -0.39 is 5.95 Å².